The van der Waals surface area contributed by atoms with Crippen LogP contribution in [-0.2, 0) is 5.33 Å². The molecular formula is C9H12BrNO. The molecule has 66 valence electrons. The van der Waals surface area contributed by atoms with Crippen molar-refractivity contribution in [2.24, 2.45) is 5.92 Å². The van der Waals surface area contributed by atoms with Crippen LogP contribution >= 0.6 is 15.9 Å². The van der Waals surface area contributed by atoms with Crippen molar-refractivity contribution in [2.75, 3.05) is 0 Å². The quantitative estimate of drug-likeness (QED) is 0.729. The summed E-state index contributed by atoms with van der Waals surface area (Å²) in [6.07, 6.45) is 4.29. The van der Waals surface area contributed by atoms with E-state index in [1.54, 1.807) is 0 Å². The van der Waals surface area contributed by atoms with E-state index in [1.807, 2.05) is 6.20 Å². The third-order valence-electron chi connectivity index (χ3n) is 2.43. The molecule has 1 aromatic heterocycles. The van der Waals surface area contributed by atoms with Gasteiger partial charge < -0.3 is 4.42 Å². The van der Waals surface area contributed by atoms with E-state index in [4.69, 9.17) is 4.42 Å². The topological polar surface area (TPSA) is 26.0 Å². The lowest BCUT2D eigenvalue weighted by Crippen LogP contribution is -2.18. The Hall–Kier alpha value is -0.310. The molecule has 1 aliphatic carbocycles. The lowest BCUT2D eigenvalue weighted by atomic mass is 9.76. The minimum Gasteiger partial charge on any atom is -0.445 e. The molecule has 2 rings (SSSR count). The smallest absolute Gasteiger partial charge is 0.197 e. The fourth-order valence-corrected chi connectivity index (χ4v) is 1.94. The molecule has 0 atom stereocenters. The van der Waals surface area contributed by atoms with Gasteiger partial charge in [0.15, 0.2) is 5.89 Å². The number of rotatable bonds is 2. The molecule has 1 aromatic rings. The second-order valence-corrected chi connectivity index (χ2v) is 4.13. The van der Waals surface area contributed by atoms with E-state index < -0.39 is 0 Å². The van der Waals surface area contributed by atoms with Gasteiger partial charge in [-0.15, -0.1) is 0 Å². The van der Waals surface area contributed by atoms with Crippen LogP contribution in [0.25, 0.3) is 0 Å². The van der Waals surface area contributed by atoms with E-state index in [0.29, 0.717) is 5.92 Å². The molecule has 0 saturated heterocycles. The lowest BCUT2D eigenvalue weighted by Gasteiger charge is -2.29. The highest BCUT2D eigenvalue weighted by Crippen LogP contribution is 2.40. The normalized spacial score (nSPS) is 28.5. The SMILES string of the molecule is CC1CC(c2ncc(CBr)o2)C1. The standard InChI is InChI=1S/C9H12BrNO/c1-6-2-7(3-6)9-11-5-8(4-10)12-9/h5-7H,2-4H2,1H3. The Morgan fingerprint density at radius 1 is 1.67 bits per heavy atom. The number of halogens is 1. The zero-order valence-corrected chi connectivity index (χ0v) is 8.67. The summed E-state index contributed by atoms with van der Waals surface area (Å²) in [6, 6.07) is 0. The van der Waals surface area contributed by atoms with E-state index in [1.165, 1.54) is 12.8 Å². The molecule has 0 N–H and O–H groups in total. The predicted octanol–water partition coefficient (Wildman–Crippen LogP) is 3.08. The van der Waals surface area contributed by atoms with Crippen LogP contribution < -0.4 is 0 Å². The van der Waals surface area contributed by atoms with Crippen molar-refractivity contribution in [1.82, 2.24) is 4.98 Å². The Kier molecular flexibility index (Phi) is 2.22. The first-order valence-corrected chi connectivity index (χ1v) is 5.42. The van der Waals surface area contributed by atoms with E-state index in [-0.39, 0.29) is 0 Å². The molecule has 0 spiro atoms. The first-order chi connectivity index (χ1) is 5.79. The van der Waals surface area contributed by atoms with E-state index in [0.717, 1.165) is 22.9 Å². The van der Waals surface area contributed by atoms with Gasteiger partial charge in [-0.1, -0.05) is 22.9 Å². The van der Waals surface area contributed by atoms with Crippen LogP contribution in [0.3, 0.4) is 0 Å². The van der Waals surface area contributed by atoms with Crippen molar-refractivity contribution in [3.8, 4) is 0 Å². The van der Waals surface area contributed by atoms with Crippen LogP contribution in [0.1, 0.15) is 37.3 Å². The summed E-state index contributed by atoms with van der Waals surface area (Å²) < 4.78 is 5.53. The molecule has 1 aliphatic rings. The second kappa shape index (κ2) is 3.21. The Labute approximate surface area is 80.5 Å². The predicted molar refractivity (Wildman–Crippen MR) is 50.3 cm³/mol. The van der Waals surface area contributed by atoms with Crippen LogP contribution in [0.15, 0.2) is 10.6 Å². The highest BCUT2D eigenvalue weighted by atomic mass is 79.9. The number of aromatic nitrogens is 1. The highest BCUT2D eigenvalue weighted by molar-refractivity contribution is 9.08. The Morgan fingerprint density at radius 2 is 2.42 bits per heavy atom. The van der Waals surface area contributed by atoms with Gasteiger partial charge in [0.1, 0.15) is 5.76 Å². The molecule has 0 unspecified atom stereocenters. The van der Waals surface area contributed by atoms with E-state index in [2.05, 4.69) is 27.8 Å². The molecule has 2 nitrogen and oxygen atoms in total. The third-order valence-corrected chi connectivity index (χ3v) is 2.98. The Bertz CT molecular complexity index is 265. The molecule has 0 aromatic carbocycles. The van der Waals surface area contributed by atoms with Gasteiger partial charge in [0.05, 0.1) is 11.5 Å². The first kappa shape index (κ1) is 8.30. The van der Waals surface area contributed by atoms with Crippen LogP contribution in [0.2, 0.25) is 0 Å². The molecule has 0 radical (unpaired) electrons. The highest BCUT2D eigenvalue weighted by Gasteiger charge is 2.30. The van der Waals surface area contributed by atoms with Gasteiger partial charge in [0.2, 0.25) is 0 Å². The summed E-state index contributed by atoms with van der Waals surface area (Å²) in [7, 11) is 0. The van der Waals surface area contributed by atoms with Crippen LogP contribution in [0, 0.1) is 5.92 Å². The second-order valence-electron chi connectivity index (χ2n) is 3.57. The molecule has 1 saturated carbocycles. The van der Waals surface area contributed by atoms with E-state index in [9.17, 15) is 0 Å². The molecule has 0 amide bonds. The number of hydrogen-bond donors (Lipinski definition) is 0. The number of oxazole rings is 1. The van der Waals surface area contributed by atoms with Crippen LogP contribution in [-0.4, -0.2) is 4.98 Å². The summed E-state index contributed by atoms with van der Waals surface area (Å²) in [4.78, 5) is 4.25. The number of hydrogen-bond acceptors (Lipinski definition) is 2. The van der Waals surface area contributed by atoms with E-state index >= 15 is 0 Å². The molecule has 0 bridgehead atoms. The van der Waals surface area contributed by atoms with Crippen molar-refractivity contribution < 1.29 is 4.42 Å². The molecule has 1 heterocycles. The van der Waals surface area contributed by atoms with Gasteiger partial charge in [-0.3, -0.25) is 0 Å². The maximum atomic E-state index is 5.53. The molecule has 3 heteroatoms. The maximum Gasteiger partial charge on any atom is 0.197 e. The number of alkyl halides is 1. The monoisotopic (exact) mass is 229 g/mol. The summed E-state index contributed by atoms with van der Waals surface area (Å²) in [6.45, 7) is 2.27. The van der Waals surface area contributed by atoms with Crippen molar-refractivity contribution in [2.45, 2.75) is 31.0 Å². The average Bonchev–Trinajstić information content (AvgIpc) is 2.46. The van der Waals surface area contributed by atoms with Gasteiger partial charge in [0, 0.05) is 5.92 Å². The Balaban J connectivity index is 2.04. The summed E-state index contributed by atoms with van der Waals surface area (Å²) >= 11 is 3.34. The van der Waals surface area contributed by atoms with Crippen LogP contribution in [0.5, 0.6) is 0 Å². The third kappa shape index (κ3) is 1.42. The average molecular weight is 230 g/mol. The largest absolute Gasteiger partial charge is 0.445 e. The molecule has 12 heavy (non-hydrogen) atoms. The fourth-order valence-electron chi connectivity index (χ4n) is 1.68. The maximum absolute atomic E-state index is 5.53. The van der Waals surface area contributed by atoms with Gasteiger partial charge in [-0.05, 0) is 18.8 Å². The fraction of sp³-hybridized carbons (Fsp3) is 0.667. The molecule has 0 aliphatic heterocycles. The zero-order chi connectivity index (χ0) is 8.55. The molecular weight excluding hydrogens is 218 g/mol. The minimum absolute atomic E-state index is 0.591. The van der Waals surface area contributed by atoms with Crippen molar-refractivity contribution in [1.29, 1.82) is 0 Å². The van der Waals surface area contributed by atoms with Gasteiger partial charge in [-0.25, -0.2) is 4.98 Å². The molecule has 1 fully saturated rings. The summed E-state index contributed by atoms with van der Waals surface area (Å²) in [5.74, 6) is 3.31. The van der Waals surface area contributed by atoms with Gasteiger partial charge in [-0.2, -0.15) is 0 Å². The van der Waals surface area contributed by atoms with Gasteiger partial charge in [0.25, 0.3) is 0 Å². The van der Waals surface area contributed by atoms with Crippen molar-refractivity contribution >= 4 is 15.9 Å². The van der Waals surface area contributed by atoms with Gasteiger partial charge >= 0.3 is 0 Å². The first-order valence-electron chi connectivity index (χ1n) is 4.30. The lowest BCUT2D eigenvalue weighted by molar-refractivity contribution is 0.243. The number of nitrogens with zero attached hydrogens (tertiary/aromatic N) is 1. The van der Waals surface area contributed by atoms with Crippen LogP contribution in [0.4, 0.5) is 0 Å². The summed E-state index contributed by atoms with van der Waals surface area (Å²) in [5.41, 5.74) is 0. The summed E-state index contributed by atoms with van der Waals surface area (Å²) in [5, 5.41) is 0.766. The Morgan fingerprint density at radius 3 is 2.92 bits per heavy atom. The van der Waals surface area contributed by atoms with Crippen molar-refractivity contribution in [3.63, 3.8) is 0 Å². The zero-order valence-electron chi connectivity index (χ0n) is 7.09. The minimum atomic E-state index is 0.591. The van der Waals surface area contributed by atoms with Crippen molar-refractivity contribution in [3.05, 3.63) is 17.8 Å².